The highest BCUT2D eigenvalue weighted by Gasteiger charge is 2.38. The zero-order valence-corrected chi connectivity index (χ0v) is 21.8. The molecular formula is C24H33F3N6O4. The lowest BCUT2D eigenvalue weighted by molar-refractivity contribution is -0.154. The van der Waals surface area contributed by atoms with Crippen molar-refractivity contribution in [3.8, 4) is 5.88 Å². The second-order valence-electron chi connectivity index (χ2n) is 9.44. The van der Waals surface area contributed by atoms with Crippen molar-refractivity contribution in [2.45, 2.75) is 66.6 Å². The normalized spacial score (nSPS) is 15.8. The van der Waals surface area contributed by atoms with Gasteiger partial charge in [0, 0.05) is 29.3 Å². The zero-order chi connectivity index (χ0) is 28.1. The number of amides is 3. The minimum atomic E-state index is -4.49. The van der Waals surface area contributed by atoms with Crippen LogP contribution in [-0.2, 0) is 14.4 Å². The lowest BCUT2D eigenvalue weighted by atomic mass is 10.1. The van der Waals surface area contributed by atoms with E-state index in [1.54, 1.807) is 54.5 Å². The van der Waals surface area contributed by atoms with Crippen LogP contribution in [0.1, 0.15) is 58.7 Å². The van der Waals surface area contributed by atoms with E-state index < -0.39 is 54.3 Å². The van der Waals surface area contributed by atoms with Gasteiger partial charge >= 0.3 is 6.18 Å². The fraction of sp³-hybridized carbons (Fsp3) is 0.542. The summed E-state index contributed by atoms with van der Waals surface area (Å²) in [5, 5.41) is 11.0. The third-order valence-corrected chi connectivity index (χ3v) is 5.18. The Labute approximate surface area is 213 Å². The Morgan fingerprint density at radius 1 is 1.05 bits per heavy atom. The summed E-state index contributed by atoms with van der Waals surface area (Å²) in [6.45, 7) is 10.1. The van der Waals surface area contributed by atoms with E-state index in [1.807, 2.05) is 0 Å². The second-order valence-corrected chi connectivity index (χ2v) is 9.44. The quantitative estimate of drug-likeness (QED) is 0.366. The maximum atomic E-state index is 13.1. The molecule has 1 unspecified atom stereocenters. The first-order valence-electron chi connectivity index (χ1n) is 11.7. The van der Waals surface area contributed by atoms with Crippen molar-refractivity contribution in [3.63, 3.8) is 0 Å². The lowest BCUT2D eigenvalue weighted by Gasteiger charge is -2.37. The Hall–Kier alpha value is -3.64. The number of hydrogen-bond donors (Lipinski definition) is 4. The van der Waals surface area contributed by atoms with Crippen LogP contribution in [0.4, 0.5) is 13.2 Å². The van der Waals surface area contributed by atoms with Gasteiger partial charge in [0.25, 0.3) is 11.8 Å². The molecule has 0 fully saturated rings. The number of aromatic nitrogens is 1. The van der Waals surface area contributed by atoms with E-state index >= 15 is 0 Å². The van der Waals surface area contributed by atoms with E-state index in [-0.39, 0.29) is 11.6 Å². The van der Waals surface area contributed by atoms with Gasteiger partial charge in [-0.3, -0.25) is 25.0 Å². The number of carbonyl (C=O) groups is 3. The van der Waals surface area contributed by atoms with Crippen molar-refractivity contribution in [2.75, 3.05) is 6.61 Å². The van der Waals surface area contributed by atoms with Crippen LogP contribution >= 0.6 is 0 Å². The van der Waals surface area contributed by atoms with Gasteiger partial charge in [0.2, 0.25) is 17.7 Å². The molecule has 2 heterocycles. The van der Waals surface area contributed by atoms with Gasteiger partial charge < -0.3 is 15.4 Å². The van der Waals surface area contributed by atoms with Crippen molar-refractivity contribution in [1.82, 2.24) is 26.3 Å². The third-order valence-electron chi connectivity index (χ3n) is 5.18. The molecule has 13 heteroatoms. The van der Waals surface area contributed by atoms with Crippen LogP contribution in [0.15, 0.2) is 29.0 Å². The van der Waals surface area contributed by atoms with Gasteiger partial charge in [0.1, 0.15) is 5.71 Å². The Balaban J connectivity index is 2.27. The molecule has 0 radical (unpaired) electrons. The highest BCUT2D eigenvalue weighted by molar-refractivity contribution is 6.43. The highest BCUT2D eigenvalue weighted by Crippen LogP contribution is 2.23. The number of allylic oxidation sites excluding steroid dienone is 1. The van der Waals surface area contributed by atoms with Gasteiger partial charge in [-0.15, -0.1) is 0 Å². The van der Waals surface area contributed by atoms with Crippen LogP contribution in [0.3, 0.4) is 0 Å². The Kier molecular flexibility index (Phi) is 9.28. The minimum absolute atomic E-state index is 0.0639. The first kappa shape index (κ1) is 29.6. The molecule has 4 N–H and O–H groups in total. The SMILES string of the molecule is CC1=CC(C(=O)NC(C)c2cnc(OCC(F)(F)F)c(C)c2)=NC(NC(=O)C(C)C)(NC(=O)C(C)C)N1. The van der Waals surface area contributed by atoms with E-state index in [4.69, 9.17) is 4.74 Å². The first-order valence-corrected chi connectivity index (χ1v) is 11.7. The number of ether oxygens (including phenoxy) is 1. The van der Waals surface area contributed by atoms with Crippen LogP contribution in [0, 0.1) is 18.8 Å². The van der Waals surface area contributed by atoms with Crippen LogP contribution < -0.4 is 26.0 Å². The highest BCUT2D eigenvalue weighted by atomic mass is 19.4. The van der Waals surface area contributed by atoms with E-state index in [1.165, 1.54) is 12.3 Å². The predicted molar refractivity (Wildman–Crippen MR) is 130 cm³/mol. The van der Waals surface area contributed by atoms with Crippen molar-refractivity contribution in [1.29, 1.82) is 0 Å². The molecular weight excluding hydrogens is 493 g/mol. The topological polar surface area (TPSA) is 134 Å². The number of hydrogen-bond acceptors (Lipinski definition) is 7. The molecule has 1 aliphatic rings. The number of halogens is 3. The van der Waals surface area contributed by atoms with Gasteiger partial charge in [-0.1, -0.05) is 27.7 Å². The van der Waals surface area contributed by atoms with Gasteiger partial charge in [-0.25, -0.2) is 9.98 Å². The molecule has 0 bridgehead atoms. The summed E-state index contributed by atoms with van der Waals surface area (Å²) in [7, 11) is 0. The van der Waals surface area contributed by atoms with E-state index in [0.717, 1.165) is 0 Å². The largest absolute Gasteiger partial charge is 0.468 e. The van der Waals surface area contributed by atoms with Crippen LogP contribution in [-0.4, -0.2) is 47.1 Å². The molecule has 37 heavy (non-hydrogen) atoms. The van der Waals surface area contributed by atoms with Crippen molar-refractivity contribution < 1.29 is 32.3 Å². The predicted octanol–water partition coefficient (Wildman–Crippen LogP) is 2.61. The van der Waals surface area contributed by atoms with Crippen LogP contribution in [0.2, 0.25) is 0 Å². The monoisotopic (exact) mass is 526 g/mol. The average molecular weight is 527 g/mol. The summed E-state index contributed by atoms with van der Waals surface area (Å²) in [5.74, 6) is -4.19. The summed E-state index contributed by atoms with van der Waals surface area (Å²) >= 11 is 0. The molecule has 1 aliphatic heterocycles. The number of pyridine rings is 1. The number of alkyl halides is 3. The molecule has 0 spiro atoms. The number of aryl methyl sites for hydroxylation is 1. The van der Waals surface area contributed by atoms with E-state index in [0.29, 0.717) is 16.8 Å². The van der Waals surface area contributed by atoms with Crippen LogP contribution in [0.25, 0.3) is 0 Å². The number of aliphatic imine (C=N–C) groups is 1. The Morgan fingerprint density at radius 2 is 1.62 bits per heavy atom. The van der Waals surface area contributed by atoms with Gasteiger partial charge in [-0.2, -0.15) is 13.2 Å². The fourth-order valence-corrected chi connectivity index (χ4v) is 3.15. The number of nitrogens with one attached hydrogen (secondary N) is 4. The molecule has 2 rings (SSSR count). The molecule has 0 aliphatic carbocycles. The zero-order valence-electron chi connectivity index (χ0n) is 21.8. The summed E-state index contributed by atoms with van der Waals surface area (Å²) < 4.78 is 42.0. The van der Waals surface area contributed by atoms with Gasteiger partial charge in [0.15, 0.2) is 6.61 Å². The summed E-state index contributed by atoms with van der Waals surface area (Å²) in [4.78, 5) is 46.4. The summed E-state index contributed by atoms with van der Waals surface area (Å²) in [5.41, 5.74) is 1.29. The number of carbonyl (C=O) groups excluding carboxylic acids is 3. The van der Waals surface area contributed by atoms with E-state index in [2.05, 4.69) is 31.2 Å². The molecule has 0 saturated heterocycles. The van der Waals surface area contributed by atoms with Crippen molar-refractivity contribution in [2.24, 2.45) is 16.8 Å². The number of rotatable bonds is 9. The molecule has 3 amide bonds. The second kappa shape index (κ2) is 11.6. The molecule has 1 aromatic heterocycles. The molecule has 204 valence electrons. The maximum Gasteiger partial charge on any atom is 0.422 e. The van der Waals surface area contributed by atoms with Gasteiger partial charge in [-0.05, 0) is 38.5 Å². The number of nitrogens with zero attached hydrogens (tertiary/aromatic N) is 2. The Morgan fingerprint density at radius 3 is 2.11 bits per heavy atom. The maximum absolute atomic E-state index is 13.1. The third kappa shape index (κ3) is 8.46. The molecule has 0 saturated carbocycles. The van der Waals surface area contributed by atoms with Crippen molar-refractivity contribution in [3.05, 3.63) is 35.2 Å². The lowest BCUT2D eigenvalue weighted by Crippen LogP contribution is -2.70. The fourth-order valence-electron chi connectivity index (χ4n) is 3.15. The van der Waals surface area contributed by atoms with Crippen molar-refractivity contribution >= 4 is 23.4 Å². The van der Waals surface area contributed by atoms with E-state index in [9.17, 15) is 27.6 Å². The summed E-state index contributed by atoms with van der Waals surface area (Å²) in [6.07, 6.45) is -1.72. The molecule has 1 aromatic rings. The standard InChI is InChI=1S/C24H33F3N6O4/c1-12(2)19(34)32-24(33-20(35)13(3)4)30-15(6)9-18(31-24)21(36)29-16(7)17-8-14(5)22(28-10-17)37-11-23(25,26)27/h8-10,12-13,16,30H,11H2,1-7H3,(H,29,36)(H,32,34)(H,33,35). The first-order chi connectivity index (χ1) is 17.0. The molecule has 10 nitrogen and oxygen atoms in total. The smallest absolute Gasteiger partial charge is 0.422 e. The average Bonchev–Trinajstić information content (AvgIpc) is 2.76. The minimum Gasteiger partial charge on any atom is -0.468 e. The summed E-state index contributed by atoms with van der Waals surface area (Å²) in [6, 6.07) is 0.955. The van der Waals surface area contributed by atoms with Gasteiger partial charge in [0.05, 0.1) is 6.04 Å². The molecule has 0 aromatic carbocycles. The molecule has 1 atom stereocenters. The van der Waals surface area contributed by atoms with Crippen LogP contribution in [0.5, 0.6) is 5.88 Å². The Bertz CT molecular complexity index is 1080.